The van der Waals surface area contributed by atoms with Gasteiger partial charge in [0.2, 0.25) is 11.6 Å². The van der Waals surface area contributed by atoms with Gasteiger partial charge in [0.05, 0.1) is 22.0 Å². The number of H-pyrrole nitrogens is 1. The summed E-state index contributed by atoms with van der Waals surface area (Å²) in [5, 5.41) is 12.2. The Morgan fingerprint density at radius 3 is 2.84 bits per heavy atom. The summed E-state index contributed by atoms with van der Waals surface area (Å²) in [5.74, 6) is 1.02. The minimum Gasteiger partial charge on any atom is -0.385 e. The van der Waals surface area contributed by atoms with Gasteiger partial charge in [-0.25, -0.2) is 14.8 Å². The third kappa shape index (κ3) is 4.59. The van der Waals surface area contributed by atoms with Gasteiger partial charge in [-0.1, -0.05) is 29.3 Å². The molecule has 0 saturated heterocycles. The maximum atomic E-state index is 7.93. The lowest BCUT2D eigenvalue weighted by atomic mass is 10.0. The lowest BCUT2D eigenvalue weighted by Gasteiger charge is -2.07. The molecule has 32 heavy (non-hydrogen) atoms. The monoisotopic (exact) mass is 485 g/mol. The van der Waals surface area contributed by atoms with Crippen LogP contribution in [0, 0.1) is 6.57 Å². The van der Waals surface area contributed by atoms with E-state index in [1.807, 2.05) is 0 Å². The highest BCUT2D eigenvalue weighted by molar-refractivity contribution is 7.20. The summed E-state index contributed by atoms with van der Waals surface area (Å²) >= 11 is 14.0. The second-order valence-corrected chi connectivity index (χ2v) is 8.46. The van der Waals surface area contributed by atoms with Crippen LogP contribution in [0.15, 0.2) is 36.8 Å². The molecule has 162 valence electrons. The SMILES string of the molecule is [C-]#[N+]c1c(-c2ccnc(NCCCOC)n2)sc(-c2nnc[nH]2)c1-c1ccc(Cl)cc1Cl. The highest BCUT2D eigenvalue weighted by atomic mass is 35.5. The third-order valence-electron chi connectivity index (χ3n) is 4.52. The molecule has 0 aliphatic carbocycles. The first kappa shape index (κ1) is 22.2. The zero-order valence-corrected chi connectivity index (χ0v) is 19.2. The number of ether oxygens (including phenoxy) is 1. The number of aromatic amines is 1. The van der Waals surface area contributed by atoms with Crippen molar-refractivity contribution in [2.75, 3.05) is 25.6 Å². The summed E-state index contributed by atoms with van der Waals surface area (Å²) in [6.07, 6.45) is 3.98. The Morgan fingerprint density at radius 1 is 1.25 bits per heavy atom. The first-order valence-corrected chi connectivity index (χ1v) is 11.1. The lowest BCUT2D eigenvalue weighted by Crippen LogP contribution is -2.07. The van der Waals surface area contributed by atoms with Crippen LogP contribution in [0.2, 0.25) is 10.0 Å². The molecule has 3 heterocycles. The molecule has 2 N–H and O–H groups in total. The van der Waals surface area contributed by atoms with Crippen LogP contribution < -0.4 is 5.32 Å². The predicted molar refractivity (Wildman–Crippen MR) is 127 cm³/mol. The zero-order chi connectivity index (χ0) is 22.5. The van der Waals surface area contributed by atoms with Gasteiger partial charge in [-0.2, -0.15) is 0 Å². The number of hydrogen-bond acceptors (Lipinski definition) is 7. The fourth-order valence-corrected chi connectivity index (χ4v) is 4.79. The molecule has 11 heteroatoms. The molecule has 4 aromatic rings. The fraction of sp³-hybridized carbons (Fsp3) is 0.190. The number of hydrogen-bond donors (Lipinski definition) is 2. The Morgan fingerprint density at radius 2 is 2.12 bits per heavy atom. The summed E-state index contributed by atoms with van der Waals surface area (Å²) in [7, 11) is 1.66. The number of rotatable bonds is 8. The zero-order valence-electron chi connectivity index (χ0n) is 16.9. The van der Waals surface area contributed by atoms with Crippen molar-refractivity contribution in [2.24, 2.45) is 0 Å². The number of nitrogens with zero attached hydrogens (tertiary/aromatic N) is 5. The molecule has 1 aromatic carbocycles. The molecule has 0 atom stereocenters. The quantitative estimate of drug-likeness (QED) is 0.236. The number of halogens is 2. The molecule has 3 aromatic heterocycles. The molecule has 0 aliphatic heterocycles. The maximum Gasteiger partial charge on any atom is 0.223 e. The molecule has 0 radical (unpaired) electrons. The maximum absolute atomic E-state index is 7.93. The van der Waals surface area contributed by atoms with E-state index in [1.165, 1.54) is 17.7 Å². The largest absolute Gasteiger partial charge is 0.385 e. The van der Waals surface area contributed by atoms with Crippen molar-refractivity contribution in [3.05, 3.63) is 58.3 Å². The van der Waals surface area contributed by atoms with Crippen molar-refractivity contribution in [3.63, 3.8) is 0 Å². The van der Waals surface area contributed by atoms with Gasteiger partial charge in [0.15, 0.2) is 5.82 Å². The van der Waals surface area contributed by atoms with E-state index < -0.39 is 0 Å². The average molecular weight is 486 g/mol. The van der Waals surface area contributed by atoms with Crippen LogP contribution in [0.4, 0.5) is 11.6 Å². The molecule has 0 bridgehead atoms. The Hall–Kier alpha value is -3.03. The third-order valence-corrected chi connectivity index (χ3v) is 6.28. The van der Waals surface area contributed by atoms with E-state index in [-0.39, 0.29) is 0 Å². The van der Waals surface area contributed by atoms with E-state index in [4.69, 9.17) is 34.5 Å². The Bertz CT molecular complexity index is 1270. The number of benzene rings is 1. The van der Waals surface area contributed by atoms with Crippen molar-refractivity contribution in [2.45, 2.75) is 6.42 Å². The Balaban J connectivity index is 1.83. The minimum absolute atomic E-state index is 0.426. The standard InChI is InChI=1S/C21H17Cl2N7OS/c1-24-17-16(13-5-4-12(22)10-14(13)23)19(20-27-11-28-30-20)32-18(17)15-6-8-26-21(29-15)25-7-3-9-31-2/h4-6,8,10-11H,3,7,9H2,2H3,(H,25,26,29)(H,27,28,30). The number of methoxy groups -OCH3 is 1. The van der Waals surface area contributed by atoms with Gasteiger partial charge in [0.1, 0.15) is 6.33 Å². The summed E-state index contributed by atoms with van der Waals surface area (Å²) in [4.78, 5) is 17.2. The number of thiophene rings is 1. The van der Waals surface area contributed by atoms with Gasteiger partial charge >= 0.3 is 0 Å². The predicted octanol–water partition coefficient (Wildman–Crippen LogP) is 5.96. The topological polar surface area (TPSA) is 93.0 Å². The first-order chi connectivity index (χ1) is 15.6. The fourth-order valence-electron chi connectivity index (χ4n) is 3.12. The molecule has 0 unspecified atom stereocenters. The van der Waals surface area contributed by atoms with Crippen LogP contribution in [0.5, 0.6) is 0 Å². The summed E-state index contributed by atoms with van der Waals surface area (Å²) in [6, 6.07) is 6.97. The Labute approximate surface area is 198 Å². The van der Waals surface area contributed by atoms with E-state index in [2.05, 4.69) is 35.3 Å². The summed E-state index contributed by atoms with van der Waals surface area (Å²) < 4.78 is 5.07. The van der Waals surface area contributed by atoms with Crippen molar-refractivity contribution >= 4 is 46.2 Å². The molecule has 0 aliphatic rings. The van der Waals surface area contributed by atoms with Crippen LogP contribution in [0.1, 0.15) is 6.42 Å². The van der Waals surface area contributed by atoms with Gasteiger partial charge in [-0.3, -0.25) is 0 Å². The van der Waals surface area contributed by atoms with Crippen LogP contribution in [-0.2, 0) is 4.74 Å². The van der Waals surface area contributed by atoms with Crippen molar-refractivity contribution < 1.29 is 4.74 Å². The van der Waals surface area contributed by atoms with Crippen LogP contribution in [0.3, 0.4) is 0 Å². The van der Waals surface area contributed by atoms with E-state index >= 15 is 0 Å². The highest BCUT2D eigenvalue weighted by Crippen LogP contribution is 2.52. The molecule has 8 nitrogen and oxygen atoms in total. The van der Waals surface area contributed by atoms with E-state index in [0.717, 1.165) is 11.3 Å². The van der Waals surface area contributed by atoms with Gasteiger partial charge < -0.3 is 15.0 Å². The molecule has 0 spiro atoms. The van der Waals surface area contributed by atoms with Gasteiger partial charge in [0.25, 0.3) is 0 Å². The summed E-state index contributed by atoms with van der Waals surface area (Å²) in [6.45, 7) is 9.25. The first-order valence-electron chi connectivity index (χ1n) is 9.54. The normalized spacial score (nSPS) is 10.8. The van der Waals surface area contributed by atoms with E-state index in [0.29, 0.717) is 62.4 Å². The molecular weight excluding hydrogens is 469 g/mol. The van der Waals surface area contributed by atoms with Gasteiger partial charge in [0, 0.05) is 42.1 Å². The second-order valence-electron chi connectivity index (χ2n) is 6.60. The van der Waals surface area contributed by atoms with Crippen LogP contribution in [0.25, 0.3) is 37.2 Å². The van der Waals surface area contributed by atoms with Crippen molar-refractivity contribution in [3.8, 4) is 32.4 Å². The van der Waals surface area contributed by atoms with E-state index in [1.54, 1.807) is 37.6 Å². The summed E-state index contributed by atoms with van der Waals surface area (Å²) in [5.41, 5.74) is 2.39. The minimum atomic E-state index is 0.426. The van der Waals surface area contributed by atoms with Crippen LogP contribution in [-0.4, -0.2) is 45.4 Å². The number of anilines is 1. The van der Waals surface area contributed by atoms with Crippen LogP contribution >= 0.6 is 34.5 Å². The van der Waals surface area contributed by atoms with Gasteiger partial charge in [-0.15, -0.1) is 21.5 Å². The smallest absolute Gasteiger partial charge is 0.223 e. The van der Waals surface area contributed by atoms with E-state index in [9.17, 15) is 0 Å². The van der Waals surface area contributed by atoms with Gasteiger partial charge in [-0.05, 0) is 30.2 Å². The Kier molecular flexibility index (Phi) is 6.97. The molecule has 0 saturated carbocycles. The molecule has 0 amide bonds. The highest BCUT2D eigenvalue weighted by Gasteiger charge is 2.25. The molecule has 4 rings (SSSR count). The molecule has 0 fully saturated rings. The number of aromatic nitrogens is 5. The van der Waals surface area contributed by atoms with Crippen molar-refractivity contribution in [1.29, 1.82) is 0 Å². The molecular formula is C21H17Cl2N7OS. The average Bonchev–Trinajstić information content (AvgIpc) is 3.45. The number of nitrogens with one attached hydrogen (secondary N) is 2. The second kappa shape index (κ2) is 10.1. The lowest BCUT2D eigenvalue weighted by molar-refractivity contribution is 0.197. The van der Waals surface area contributed by atoms with Crippen molar-refractivity contribution in [1.82, 2.24) is 25.1 Å².